The van der Waals surface area contributed by atoms with Crippen molar-refractivity contribution in [2.75, 3.05) is 0 Å². The molecule has 0 amide bonds. The Balaban J connectivity index is 1.96. The van der Waals surface area contributed by atoms with Crippen LogP contribution in [0.2, 0.25) is 5.15 Å². The number of fused-ring (bicyclic) bond motifs is 1. The van der Waals surface area contributed by atoms with Gasteiger partial charge in [0, 0.05) is 6.07 Å². The molecule has 0 spiro atoms. The molecule has 0 radical (unpaired) electrons. The summed E-state index contributed by atoms with van der Waals surface area (Å²) >= 11 is 5.88. The zero-order valence-electron chi connectivity index (χ0n) is 10.3. The fraction of sp³-hybridized carbons (Fsp3) is 0.0667. The lowest BCUT2D eigenvalue weighted by molar-refractivity contribution is 0.460. The molecule has 0 atom stereocenters. The second-order valence-corrected chi connectivity index (χ2v) is 4.57. The molecule has 0 aliphatic carbocycles. The van der Waals surface area contributed by atoms with Crippen molar-refractivity contribution < 1.29 is 4.74 Å². The van der Waals surface area contributed by atoms with Gasteiger partial charge in [-0.05, 0) is 29.8 Å². The Labute approximate surface area is 115 Å². The molecule has 3 aromatic rings. The number of hydrogen-bond acceptors (Lipinski definition) is 3. The minimum atomic E-state index is 0.378. The third-order valence-corrected chi connectivity index (χ3v) is 2.92. The summed E-state index contributed by atoms with van der Waals surface area (Å²) < 4.78 is 5.71. The molecule has 0 aliphatic heterocycles. The van der Waals surface area contributed by atoms with E-state index in [1.807, 2.05) is 36.4 Å². The molecule has 1 heterocycles. The molecule has 0 saturated carbocycles. The monoisotopic (exact) mass is 270 g/mol. The Morgan fingerprint density at radius 2 is 1.74 bits per heavy atom. The highest BCUT2D eigenvalue weighted by molar-refractivity contribution is 6.29. The van der Waals surface area contributed by atoms with Crippen LogP contribution in [0.5, 0.6) is 11.6 Å². The van der Waals surface area contributed by atoms with Gasteiger partial charge in [-0.15, -0.1) is 0 Å². The van der Waals surface area contributed by atoms with E-state index in [-0.39, 0.29) is 0 Å². The second kappa shape index (κ2) is 4.86. The lowest BCUT2D eigenvalue weighted by Gasteiger charge is -2.06. The van der Waals surface area contributed by atoms with Crippen LogP contribution in [0, 0.1) is 6.92 Å². The Morgan fingerprint density at radius 1 is 0.947 bits per heavy atom. The van der Waals surface area contributed by atoms with Crippen LogP contribution in [0.3, 0.4) is 0 Å². The van der Waals surface area contributed by atoms with Crippen LogP contribution in [-0.4, -0.2) is 9.97 Å². The third-order valence-electron chi connectivity index (χ3n) is 2.73. The highest BCUT2D eigenvalue weighted by atomic mass is 35.5. The van der Waals surface area contributed by atoms with Crippen LogP contribution in [0.25, 0.3) is 10.8 Å². The maximum absolute atomic E-state index is 5.88. The van der Waals surface area contributed by atoms with Crippen molar-refractivity contribution in [1.82, 2.24) is 9.97 Å². The number of benzene rings is 2. The molecule has 4 heteroatoms. The molecule has 0 aliphatic rings. The van der Waals surface area contributed by atoms with Gasteiger partial charge >= 0.3 is 0 Å². The first-order chi connectivity index (χ1) is 9.20. The molecule has 94 valence electrons. The number of halogens is 1. The average molecular weight is 271 g/mol. The van der Waals surface area contributed by atoms with Crippen LogP contribution in [0.15, 0.2) is 48.5 Å². The normalized spacial score (nSPS) is 10.6. The Bertz CT molecular complexity index is 723. The topological polar surface area (TPSA) is 35.0 Å². The van der Waals surface area contributed by atoms with E-state index in [1.165, 1.54) is 5.39 Å². The van der Waals surface area contributed by atoms with E-state index < -0.39 is 0 Å². The zero-order chi connectivity index (χ0) is 13.2. The standard InChI is InChI=1S/C15H11ClN2O/c1-10-17-14(16)9-15(18-10)19-13-7-6-11-4-2-3-5-12(11)8-13/h2-9H,1H3. The molecule has 3 nitrogen and oxygen atoms in total. The minimum absolute atomic E-state index is 0.378. The Hall–Kier alpha value is -2.13. The van der Waals surface area contributed by atoms with E-state index in [0.717, 1.165) is 11.1 Å². The van der Waals surface area contributed by atoms with Crippen LogP contribution in [-0.2, 0) is 0 Å². The van der Waals surface area contributed by atoms with Crippen LogP contribution < -0.4 is 4.74 Å². The summed E-state index contributed by atoms with van der Waals surface area (Å²) in [5, 5.41) is 2.67. The molecule has 3 rings (SSSR count). The minimum Gasteiger partial charge on any atom is -0.439 e. The summed E-state index contributed by atoms with van der Waals surface area (Å²) in [6, 6.07) is 15.6. The molecular weight excluding hydrogens is 260 g/mol. The lowest BCUT2D eigenvalue weighted by atomic mass is 10.1. The van der Waals surface area contributed by atoms with E-state index in [4.69, 9.17) is 16.3 Å². The highest BCUT2D eigenvalue weighted by Crippen LogP contribution is 2.25. The van der Waals surface area contributed by atoms with Crippen LogP contribution >= 0.6 is 11.6 Å². The molecule has 0 saturated heterocycles. The van der Waals surface area contributed by atoms with E-state index >= 15 is 0 Å². The van der Waals surface area contributed by atoms with Gasteiger partial charge in [-0.1, -0.05) is 41.9 Å². The predicted molar refractivity (Wildman–Crippen MR) is 75.8 cm³/mol. The van der Waals surface area contributed by atoms with Crippen molar-refractivity contribution in [2.24, 2.45) is 0 Å². The zero-order valence-corrected chi connectivity index (χ0v) is 11.1. The summed E-state index contributed by atoms with van der Waals surface area (Å²) in [6.45, 7) is 1.78. The SMILES string of the molecule is Cc1nc(Cl)cc(Oc2ccc3ccccc3c2)n1. The molecule has 0 bridgehead atoms. The van der Waals surface area contributed by atoms with E-state index in [1.54, 1.807) is 13.0 Å². The first kappa shape index (κ1) is 11.9. The average Bonchev–Trinajstić information content (AvgIpc) is 2.37. The molecular formula is C15H11ClN2O. The summed E-state index contributed by atoms with van der Waals surface area (Å²) in [5.41, 5.74) is 0. The smallest absolute Gasteiger partial charge is 0.224 e. The summed E-state index contributed by atoms with van der Waals surface area (Å²) in [5.74, 6) is 1.77. The summed E-state index contributed by atoms with van der Waals surface area (Å²) in [6.07, 6.45) is 0. The largest absolute Gasteiger partial charge is 0.439 e. The molecule has 1 aromatic heterocycles. The van der Waals surface area contributed by atoms with Crippen molar-refractivity contribution in [3.8, 4) is 11.6 Å². The van der Waals surface area contributed by atoms with E-state index in [9.17, 15) is 0 Å². The number of hydrogen-bond donors (Lipinski definition) is 0. The molecule has 19 heavy (non-hydrogen) atoms. The molecule has 2 aromatic carbocycles. The fourth-order valence-electron chi connectivity index (χ4n) is 1.91. The Morgan fingerprint density at radius 3 is 2.53 bits per heavy atom. The van der Waals surface area contributed by atoms with E-state index in [2.05, 4.69) is 16.0 Å². The summed E-state index contributed by atoms with van der Waals surface area (Å²) in [7, 11) is 0. The van der Waals surface area contributed by atoms with Crippen molar-refractivity contribution in [3.05, 3.63) is 59.5 Å². The highest BCUT2D eigenvalue weighted by Gasteiger charge is 2.03. The molecule has 0 fully saturated rings. The van der Waals surface area contributed by atoms with Gasteiger partial charge in [0.05, 0.1) is 0 Å². The van der Waals surface area contributed by atoms with Gasteiger partial charge < -0.3 is 4.74 Å². The first-order valence-corrected chi connectivity index (χ1v) is 6.26. The van der Waals surface area contributed by atoms with Crippen LogP contribution in [0.4, 0.5) is 0 Å². The van der Waals surface area contributed by atoms with Gasteiger partial charge in [-0.25, -0.2) is 4.98 Å². The van der Waals surface area contributed by atoms with Crippen molar-refractivity contribution >= 4 is 22.4 Å². The number of rotatable bonds is 2. The molecule has 0 unspecified atom stereocenters. The quantitative estimate of drug-likeness (QED) is 0.648. The molecule has 0 N–H and O–H groups in total. The van der Waals surface area contributed by atoms with Gasteiger partial charge in [0.25, 0.3) is 0 Å². The Kier molecular flexibility index (Phi) is 3.05. The van der Waals surface area contributed by atoms with Gasteiger partial charge in [0.1, 0.15) is 16.7 Å². The third kappa shape index (κ3) is 2.66. The number of aryl methyl sites for hydroxylation is 1. The fourth-order valence-corrected chi connectivity index (χ4v) is 2.13. The first-order valence-electron chi connectivity index (χ1n) is 5.88. The second-order valence-electron chi connectivity index (χ2n) is 4.19. The van der Waals surface area contributed by atoms with E-state index in [0.29, 0.717) is 16.9 Å². The van der Waals surface area contributed by atoms with Crippen molar-refractivity contribution in [1.29, 1.82) is 0 Å². The van der Waals surface area contributed by atoms with Gasteiger partial charge in [0.2, 0.25) is 5.88 Å². The van der Waals surface area contributed by atoms with Crippen molar-refractivity contribution in [2.45, 2.75) is 6.92 Å². The van der Waals surface area contributed by atoms with Gasteiger partial charge in [-0.2, -0.15) is 4.98 Å². The van der Waals surface area contributed by atoms with Gasteiger partial charge in [-0.3, -0.25) is 0 Å². The maximum atomic E-state index is 5.88. The maximum Gasteiger partial charge on any atom is 0.224 e. The lowest BCUT2D eigenvalue weighted by Crippen LogP contribution is -1.93. The number of nitrogens with zero attached hydrogens (tertiary/aromatic N) is 2. The van der Waals surface area contributed by atoms with Crippen molar-refractivity contribution in [3.63, 3.8) is 0 Å². The predicted octanol–water partition coefficient (Wildman–Crippen LogP) is 4.38. The van der Waals surface area contributed by atoms with Gasteiger partial charge in [0.15, 0.2) is 0 Å². The number of ether oxygens (including phenoxy) is 1. The summed E-state index contributed by atoms with van der Waals surface area (Å²) in [4.78, 5) is 8.19. The van der Waals surface area contributed by atoms with Crippen LogP contribution in [0.1, 0.15) is 5.82 Å². The number of aromatic nitrogens is 2.